The predicted molar refractivity (Wildman–Crippen MR) is 40.9 cm³/mol. The predicted octanol–water partition coefficient (Wildman–Crippen LogP) is 0.991. The zero-order chi connectivity index (χ0) is 8.18. The lowest BCUT2D eigenvalue weighted by atomic mass is 9.92. The average Bonchev–Trinajstić information content (AvgIpc) is 2.68. The first-order valence-corrected chi connectivity index (χ1v) is 4.49. The molecule has 0 radical (unpaired) electrons. The van der Waals surface area contributed by atoms with Gasteiger partial charge in [-0.25, -0.2) is 0 Å². The molecule has 3 aliphatic rings. The van der Waals surface area contributed by atoms with Gasteiger partial charge in [0.1, 0.15) is 12.5 Å². The maximum absolute atomic E-state index is 9.53. The average molecular weight is 168 g/mol. The van der Waals surface area contributed by atoms with E-state index in [0.29, 0.717) is 11.8 Å². The van der Waals surface area contributed by atoms with Crippen molar-refractivity contribution < 1.29 is 14.6 Å². The van der Waals surface area contributed by atoms with Crippen molar-refractivity contribution in [3.8, 4) is 0 Å². The summed E-state index contributed by atoms with van der Waals surface area (Å²) >= 11 is 0. The van der Waals surface area contributed by atoms with E-state index in [0.717, 1.165) is 19.3 Å². The summed E-state index contributed by atoms with van der Waals surface area (Å²) in [5, 5.41) is 9.53. The molecule has 1 N–H and O–H groups in total. The summed E-state index contributed by atoms with van der Waals surface area (Å²) in [6.07, 6.45) is 5.87. The molecule has 3 heteroatoms. The largest absolute Gasteiger partial charge is 0.456 e. The Balaban J connectivity index is 1.86. The van der Waals surface area contributed by atoms with E-state index in [1.807, 2.05) is 0 Å². The molecule has 3 rings (SSSR count). The Hall–Kier alpha value is -0.700. The van der Waals surface area contributed by atoms with Crippen LogP contribution < -0.4 is 0 Å². The first kappa shape index (κ1) is 6.78. The molecule has 12 heavy (non-hydrogen) atoms. The molecule has 3 atom stereocenters. The Morgan fingerprint density at radius 3 is 2.50 bits per heavy atom. The van der Waals surface area contributed by atoms with Crippen LogP contribution in [-0.4, -0.2) is 17.0 Å². The molecule has 0 aromatic heterocycles. The van der Waals surface area contributed by atoms with Gasteiger partial charge in [0.15, 0.2) is 0 Å². The second-order valence-electron chi connectivity index (χ2n) is 4.02. The van der Waals surface area contributed by atoms with Crippen LogP contribution in [0.4, 0.5) is 0 Å². The number of rotatable bonds is 0. The Kier molecular flexibility index (Phi) is 1.11. The highest BCUT2D eigenvalue weighted by atomic mass is 16.7. The Bertz CT molecular complexity index is 226. The number of hydrogen-bond donors (Lipinski definition) is 1. The van der Waals surface area contributed by atoms with Crippen molar-refractivity contribution in [3.05, 3.63) is 12.5 Å². The van der Waals surface area contributed by atoms with Crippen molar-refractivity contribution >= 4 is 0 Å². The van der Waals surface area contributed by atoms with Crippen molar-refractivity contribution in [1.82, 2.24) is 0 Å². The molecule has 0 saturated heterocycles. The van der Waals surface area contributed by atoms with Gasteiger partial charge in [-0.1, -0.05) is 0 Å². The molecular weight excluding hydrogens is 156 g/mol. The zero-order valence-electron chi connectivity index (χ0n) is 6.77. The number of aliphatic hydroxyl groups is 1. The SMILES string of the molecule is OC1C[C@@H]2C[C@H]1CC21OC=CO1. The fourth-order valence-corrected chi connectivity index (χ4v) is 2.82. The molecule has 0 amide bonds. The van der Waals surface area contributed by atoms with Gasteiger partial charge in [-0.2, -0.15) is 0 Å². The van der Waals surface area contributed by atoms with Crippen molar-refractivity contribution in [3.63, 3.8) is 0 Å². The second-order valence-corrected chi connectivity index (χ2v) is 4.02. The van der Waals surface area contributed by atoms with E-state index in [4.69, 9.17) is 9.47 Å². The van der Waals surface area contributed by atoms with Crippen LogP contribution in [0.1, 0.15) is 19.3 Å². The van der Waals surface area contributed by atoms with Gasteiger partial charge in [-0.15, -0.1) is 0 Å². The normalized spacial score (nSPS) is 46.6. The molecule has 1 spiro atoms. The van der Waals surface area contributed by atoms with Gasteiger partial charge in [-0.05, 0) is 18.8 Å². The Labute approximate surface area is 71.0 Å². The number of hydrogen-bond acceptors (Lipinski definition) is 3. The topological polar surface area (TPSA) is 38.7 Å². The first-order valence-electron chi connectivity index (χ1n) is 4.49. The van der Waals surface area contributed by atoms with E-state index in [1.165, 1.54) is 0 Å². The molecule has 2 aliphatic carbocycles. The molecule has 1 unspecified atom stereocenters. The summed E-state index contributed by atoms with van der Waals surface area (Å²) in [5.74, 6) is 0.409. The Morgan fingerprint density at radius 2 is 2.00 bits per heavy atom. The van der Waals surface area contributed by atoms with Crippen LogP contribution in [0.25, 0.3) is 0 Å². The van der Waals surface area contributed by atoms with Gasteiger partial charge in [0.05, 0.1) is 6.10 Å². The molecule has 0 aromatic rings. The van der Waals surface area contributed by atoms with Gasteiger partial charge in [0.25, 0.3) is 5.79 Å². The van der Waals surface area contributed by atoms with E-state index >= 15 is 0 Å². The van der Waals surface area contributed by atoms with Crippen LogP contribution in [0, 0.1) is 11.8 Å². The molecule has 3 nitrogen and oxygen atoms in total. The quantitative estimate of drug-likeness (QED) is 0.586. The summed E-state index contributed by atoms with van der Waals surface area (Å²) in [6.45, 7) is 0. The minimum Gasteiger partial charge on any atom is -0.456 e. The third-order valence-electron chi connectivity index (χ3n) is 3.42. The molecule has 66 valence electrons. The maximum atomic E-state index is 9.53. The molecule has 0 aromatic carbocycles. The number of ether oxygens (including phenoxy) is 2. The van der Waals surface area contributed by atoms with Crippen LogP contribution >= 0.6 is 0 Å². The first-order chi connectivity index (χ1) is 5.80. The van der Waals surface area contributed by atoms with Gasteiger partial charge in [0, 0.05) is 12.3 Å². The van der Waals surface area contributed by atoms with Crippen molar-refractivity contribution in [2.45, 2.75) is 31.2 Å². The highest BCUT2D eigenvalue weighted by Gasteiger charge is 2.59. The summed E-state index contributed by atoms with van der Waals surface area (Å²) in [5.41, 5.74) is 0. The van der Waals surface area contributed by atoms with Crippen LogP contribution in [0.15, 0.2) is 12.5 Å². The fraction of sp³-hybridized carbons (Fsp3) is 0.778. The van der Waals surface area contributed by atoms with Crippen molar-refractivity contribution in [2.75, 3.05) is 0 Å². The van der Waals surface area contributed by atoms with Gasteiger partial charge >= 0.3 is 0 Å². The lowest BCUT2D eigenvalue weighted by Gasteiger charge is -2.33. The smallest absolute Gasteiger partial charge is 0.253 e. The number of aliphatic hydroxyl groups excluding tert-OH is 1. The standard InChI is InChI=1S/C9H12O3/c10-8-4-7-3-6(8)5-9(7)11-1-2-12-9/h1-2,6-8,10H,3-5H2/t6-,7-,8?/m0/s1. The maximum Gasteiger partial charge on any atom is 0.253 e. The molecular formula is C9H12O3. The Morgan fingerprint density at radius 1 is 1.25 bits per heavy atom. The highest BCUT2D eigenvalue weighted by molar-refractivity contribution is 5.04. The monoisotopic (exact) mass is 168 g/mol. The summed E-state index contributed by atoms with van der Waals surface area (Å²) < 4.78 is 10.9. The molecule has 2 fully saturated rings. The summed E-state index contributed by atoms with van der Waals surface area (Å²) in [7, 11) is 0. The van der Waals surface area contributed by atoms with E-state index in [2.05, 4.69) is 0 Å². The molecule has 2 bridgehead atoms. The van der Waals surface area contributed by atoms with E-state index in [-0.39, 0.29) is 11.9 Å². The van der Waals surface area contributed by atoms with Crippen LogP contribution in [0.3, 0.4) is 0 Å². The van der Waals surface area contributed by atoms with Gasteiger partial charge in [-0.3, -0.25) is 0 Å². The fourth-order valence-electron chi connectivity index (χ4n) is 2.82. The van der Waals surface area contributed by atoms with Gasteiger partial charge in [0.2, 0.25) is 0 Å². The summed E-state index contributed by atoms with van der Waals surface area (Å²) in [4.78, 5) is 0. The van der Waals surface area contributed by atoms with Crippen molar-refractivity contribution in [2.24, 2.45) is 11.8 Å². The lowest BCUT2D eigenvalue weighted by molar-refractivity contribution is -0.186. The van der Waals surface area contributed by atoms with Crippen molar-refractivity contribution in [1.29, 1.82) is 0 Å². The second kappa shape index (κ2) is 1.96. The third kappa shape index (κ3) is 0.654. The van der Waals surface area contributed by atoms with Gasteiger partial charge < -0.3 is 14.6 Å². The highest BCUT2D eigenvalue weighted by Crippen LogP contribution is 2.54. The van der Waals surface area contributed by atoms with Crippen LogP contribution in [0.2, 0.25) is 0 Å². The van der Waals surface area contributed by atoms with E-state index in [1.54, 1.807) is 12.5 Å². The minimum atomic E-state index is -0.385. The third-order valence-corrected chi connectivity index (χ3v) is 3.42. The van der Waals surface area contributed by atoms with Crippen LogP contribution in [0.5, 0.6) is 0 Å². The van der Waals surface area contributed by atoms with E-state index < -0.39 is 0 Å². The molecule has 2 saturated carbocycles. The minimum absolute atomic E-state index is 0.117. The van der Waals surface area contributed by atoms with E-state index in [9.17, 15) is 5.11 Å². The van der Waals surface area contributed by atoms with Crippen LogP contribution in [-0.2, 0) is 9.47 Å². The lowest BCUT2D eigenvalue weighted by Crippen LogP contribution is -2.39. The molecule has 1 aliphatic heterocycles. The number of fused-ring (bicyclic) bond motifs is 3. The zero-order valence-corrected chi connectivity index (χ0v) is 6.77. The molecule has 1 heterocycles. The summed E-state index contributed by atoms with van der Waals surface area (Å²) in [6, 6.07) is 0.